The van der Waals surface area contributed by atoms with Crippen molar-refractivity contribution in [3.63, 3.8) is 0 Å². The van der Waals surface area contributed by atoms with Crippen molar-refractivity contribution in [2.75, 3.05) is 26.3 Å². The Labute approximate surface area is 170 Å². The lowest BCUT2D eigenvalue weighted by atomic mass is 9.99. The molecule has 0 aliphatic carbocycles. The van der Waals surface area contributed by atoms with Gasteiger partial charge in [0.15, 0.2) is 5.82 Å². The smallest absolute Gasteiger partial charge is 0.223 e. The summed E-state index contributed by atoms with van der Waals surface area (Å²) in [7, 11) is 0. The molecule has 1 aromatic heterocycles. The fourth-order valence-electron chi connectivity index (χ4n) is 4.12. The number of aromatic nitrogens is 3. The van der Waals surface area contributed by atoms with Crippen LogP contribution in [0.2, 0.25) is 0 Å². The minimum Gasteiger partial charge on any atom is -0.381 e. The predicted molar refractivity (Wildman–Crippen MR) is 106 cm³/mol. The molecule has 0 saturated carbocycles. The molecule has 2 aromatic rings. The molecule has 0 unspecified atom stereocenters. The maximum Gasteiger partial charge on any atom is 0.223 e. The molecule has 7 nitrogen and oxygen atoms in total. The first-order valence-corrected chi connectivity index (χ1v) is 10.4. The van der Waals surface area contributed by atoms with E-state index in [1.807, 2.05) is 13.0 Å². The number of rotatable bonds is 5. The van der Waals surface area contributed by atoms with Crippen molar-refractivity contribution in [3.8, 4) is 0 Å². The molecule has 1 amide bonds. The van der Waals surface area contributed by atoms with Gasteiger partial charge in [-0.2, -0.15) is 0 Å². The Hall–Kier alpha value is -2.32. The summed E-state index contributed by atoms with van der Waals surface area (Å²) in [4.78, 5) is 14.9. The first-order chi connectivity index (χ1) is 14.1. The summed E-state index contributed by atoms with van der Waals surface area (Å²) >= 11 is 0. The van der Waals surface area contributed by atoms with Crippen molar-refractivity contribution < 1.29 is 13.9 Å². The fourth-order valence-corrected chi connectivity index (χ4v) is 4.12. The normalized spacial score (nSPS) is 19.4. The molecule has 0 bridgehead atoms. The van der Waals surface area contributed by atoms with Gasteiger partial charge in [-0.3, -0.25) is 9.69 Å². The third kappa shape index (κ3) is 4.82. The van der Waals surface area contributed by atoms with E-state index in [2.05, 4.69) is 25.0 Å². The topological polar surface area (TPSA) is 72.3 Å². The number of fused-ring (bicyclic) bond motifs is 1. The van der Waals surface area contributed by atoms with Crippen LogP contribution >= 0.6 is 0 Å². The third-order valence-corrected chi connectivity index (χ3v) is 5.78. The molecule has 4 rings (SSSR count). The zero-order valence-electron chi connectivity index (χ0n) is 16.8. The summed E-state index contributed by atoms with van der Waals surface area (Å²) in [6, 6.07) is 6.56. The molecule has 1 aromatic carbocycles. The highest BCUT2D eigenvalue weighted by atomic mass is 19.1. The average Bonchev–Trinajstić information content (AvgIpc) is 3.03. The van der Waals surface area contributed by atoms with Crippen LogP contribution in [0.25, 0.3) is 0 Å². The van der Waals surface area contributed by atoms with Crippen LogP contribution < -0.4 is 5.32 Å². The largest absolute Gasteiger partial charge is 0.381 e. The summed E-state index contributed by atoms with van der Waals surface area (Å²) in [5, 5.41) is 11.8. The Bertz CT molecular complexity index is 849. The van der Waals surface area contributed by atoms with Crippen LogP contribution in [0.15, 0.2) is 24.3 Å². The van der Waals surface area contributed by atoms with Crippen molar-refractivity contribution in [2.24, 2.45) is 5.92 Å². The molecule has 1 fully saturated rings. The lowest BCUT2D eigenvalue weighted by Gasteiger charge is -2.23. The molecule has 0 spiro atoms. The Morgan fingerprint density at radius 1 is 1.28 bits per heavy atom. The summed E-state index contributed by atoms with van der Waals surface area (Å²) in [6.07, 6.45) is 2.32. The monoisotopic (exact) mass is 401 g/mol. The number of nitrogens with zero attached hydrogens (tertiary/aromatic N) is 4. The second-order valence-corrected chi connectivity index (χ2v) is 7.90. The first-order valence-electron chi connectivity index (χ1n) is 10.4. The maximum atomic E-state index is 13.5. The Balaban J connectivity index is 1.38. The lowest BCUT2D eigenvalue weighted by molar-refractivity contribution is -0.128. The van der Waals surface area contributed by atoms with Gasteiger partial charge in [0.2, 0.25) is 5.91 Å². The number of nitrogens with one attached hydrogen (secondary N) is 1. The first kappa shape index (κ1) is 20.0. The summed E-state index contributed by atoms with van der Waals surface area (Å²) in [5.41, 5.74) is 0.972. The van der Waals surface area contributed by atoms with E-state index < -0.39 is 0 Å². The molecule has 2 aliphatic rings. The number of ether oxygens (including phenoxy) is 1. The van der Waals surface area contributed by atoms with Gasteiger partial charge in [-0.1, -0.05) is 12.1 Å². The van der Waals surface area contributed by atoms with Gasteiger partial charge in [-0.15, -0.1) is 10.2 Å². The van der Waals surface area contributed by atoms with Crippen molar-refractivity contribution in [2.45, 2.75) is 45.3 Å². The molecular formula is C21H28FN5O2. The molecule has 1 N–H and O–H groups in total. The van der Waals surface area contributed by atoms with Crippen molar-refractivity contribution >= 4 is 5.91 Å². The van der Waals surface area contributed by atoms with E-state index in [9.17, 15) is 9.18 Å². The van der Waals surface area contributed by atoms with Gasteiger partial charge < -0.3 is 14.6 Å². The highest BCUT2D eigenvalue weighted by Crippen LogP contribution is 2.20. The minimum absolute atomic E-state index is 0.0134. The van der Waals surface area contributed by atoms with Crippen LogP contribution in [0.4, 0.5) is 4.39 Å². The zero-order valence-corrected chi connectivity index (χ0v) is 16.8. The van der Waals surface area contributed by atoms with Gasteiger partial charge >= 0.3 is 0 Å². The average molecular weight is 401 g/mol. The van der Waals surface area contributed by atoms with Crippen LogP contribution in [0.5, 0.6) is 0 Å². The molecule has 1 saturated heterocycles. The van der Waals surface area contributed by atoms with E-state index in [1.54, 1.807) is 12.1 Å². The number of amides is 1. The molecule has 0 radical (unpaired) electrons. The fraction of sp³-hybridized carbons (Fsp3) is 0.571. The Kier molecular flexibility index (Phi) is 6.20. The van der Waals surface area contributed by atoms with Crippen LogP contribution in [0, 0.1) is 11.7 Å². The molecule has 1 atom stereocenters. The van der Waals surface area contributed by atoms with E-state index in [0.717, 1.165) is 56.1 Å². The zero-order chi connectivity index (χ0) is 20.2. The van der Waals surface area contributed by atoms with Gasteiger partial charge in [-0.05, 0) is 37.5 Å². The highest BCUT2D eigenvalue weighted by Gasteiger charge is 2.26. The van der Waals surface area contributed by atoms with Crippen molar-refractivity contribution in [3.05, 3.63) is 47.3 Å². The quantitative estimate of drug-likeness (QED) is 0.831. The highest BCUT2D eigenvalue weighted by molar-refractivity contribution is 5.79. The minimum atomic E-state index is -0.203. The summed E-state index contributed by atoms with van der Waals surface area (Å²) in [5.74, 6) is 1.62. The van der Waals surface area contributed by atoms with Gasteiger partial charge in [-0.25, -0.2) is 4.39 Å². The molecule has 8 heteroatoms. The van der Waals surface area contributed by atoms with E-state index in [-0.39, 0.29) is 23.7 Å². The van der Waals surface area contributed by atoms with E-state index in [1.165, 1.54) is 6.07 Å². The number of halogens is 1. The lowest BCUT2D eigenvalue weighted by Crippen LogP contribution is -2.36. The summed E-state index contributed by atoms with van der Waals surface area (Å²) in [6.45, 7) is 6.39. The van der Waals surface area contributed by atoms with Crippen LogP contribution in [-0.2, 0) is 29.0 Å². The second-order valence-electron chi connectivity index (χ2n) is 7.90. The van der Waals surface area contributed by atoms with Crippen LogP contribution in [0.3, 0.4) is 0 Å². The maximum absolute atomic E-state index is 13.5. The summed E-state index contributed by atoms with van der Waals surface area (Å²) < 4.78 is 20.9. The molecule has 29 heavy (non-hydrogen) atoms. The number of hydrogen-bond donors (Lipinski definition) is 1. The Morgan fingerprint density at radius 3 is 2.90 bits per heavy atom. The number of benzene rings is 1. The van der Waals surface area contributed by atoms with Crippen molar-refractivity contribution in [1.29, 1.82) is 0 Å². The van der Waals surface area contributed by atoms with Gasteiger partial charge in [0, 0.05) is 51.7 Å². The number of hydrogen-bond acceptors (Lipinski definition) is 5. The van der Waals surface area contributed by atoms with E-state index in [4.69, 9.17) is 4.74 Å². The van der Waals surface area contributed by atoms with Crippen molar-refractivity contribution in [1.82, 2.24) is 25.0 Å². The Morgan fingerprint density at radius 2 is 2.10 bits per heavy atom. The van der Waals surface area contributed by atoms with Gasteiger partial charge in [0.1, 0.15) is 11.6 Å². The molecule has 2 aliphatic heterocycles. The number of carbonyl (C=O) groups is 1. The van der Waals surface area contributed by atoms with Crippen LogP contribution in [0.1, 0.15) is 43.0 Å². The SMILES string of the molecule is C[C@@H](NC(=O)C1CCOCC1)c1nnc2n1CCN(Cc1cccc(F)c1)CC2. The molecule has 3 heterocycles. The third-order valence-electron chi connectivity index (χ3n) is 5.78. The van der Waals surface area contributed by atoms with E-state index >= 15 is 0 Å². The predicted octanol–water partition coefficient (Wildman–Crippen LogP) is 2.08. The van der Waals surface area contributed by atoms with Gasteiger partial charge in [0.25, 0.3) is 0 Å². The molecular weight excluding hydrogens is 373 g/mol. The van der Waals surface area contributed by atoms with E-state index in [0.29, 0.717) is 19.8 Å². The standard InChI is InChI=1S/C21H28FN5O2/c1-15(23-21(28)17-6-11-29-12-7-17)20-25-24-19-5-8-26(9-10-27(19)20)14-16-3-2-4-18(22)13-16/h2-4,13,15,17H,5-12,14H2,1H3,(H,23,28)/t15-/m1/s1. The van der Waals surface area contributed by atoms with Gasteiger partial charge in [0.05, 0.1) is 6.04 Å². The second kappa shape index (κ2) is 9.00. The van der Waals surface area contributed by atoms with Crippen LogP contribution in [-0.4, -0.2) is 51.9 Å². The number of carbonyl (C=O) groups excluding carboxylic acids is 1. The molecule has 156 valence electrons.